The fourth-order valence-corrected chi connectivity index (χ4v) is 2.62. The Labute approximate surface area is 146 Å². The monoisotopic (exact) mass is 348 g/mol. The molecule has 0 saturated heterocycles. The first-order valence-electron chi connectivity index (χ1n) is 7.67. The Bertz CT molecular complexity index is 696. The molecule has 2 amide bonds. The van der Waals surface area contributed by atoms with Crippen LogP contribution in [-0.4, -0.2) is 19.4 Å². The lowest BCUT2D eigenvalue weighted by atomic mass is 10.1. The molecular weight excluding hydrogens is 328 g/mol. The highest BCUT2D eigenvalue weighted by molar-refractivity contribution is 6.34. The van der Waals surface area contributed by atoms with Gasteiger partial charge in [0, 0.05) is 0 Å². The van der Waals surface area contributed by atoms with Crippen molar-refractivity contribution in [1.29, 1.82) is 0 Å². The number of para-hydroxylation sites is 2. The van der Waals surface area contributed by atoms with Gasteiger partial charge >= 0.3 is 6.03 Å². The Morgan fingerprint density at radius 1 is 1.12 bits per heavy atom. The molecule has 0 saturated carbocycles. The third kappa shape index (κ3) is 4.80. The molecule has 2 N–H and O–H groups in total. The van der Waals surface area contributed by atoms with E-state index < -0.39 is 6.03 Å². The van der Waals surface area contributed by atoms with Crippen LogP contribution in [0.15, 0.2) is 36.4 Å². The van der Waals surface area contributed by atoms with Gasteiger partial charge < -0.3 is 20.1 Å². The van der Waals surface area contributed by atoms with E-state index in [9.17, 15) is 4.79 Å². The second-order valence-corrected chi connectivity index (χ2v) is 5.65. The van der Waals surface area contributed by atoms with Gasteiger partial charge in [0.25, 0.3) is 0 Å². The van der Waals surface area contributed by atoms with Gasteiger partial charge in [-0.1, -0.05) is 29.8 Å². The van der Waals surface area contributed by atoms with Crippen molar-refractivity contribution in [3.63, 3.8) is 0 Å². The Balaban J connectivity index is 1.91. The molecule has 5 nitrogen and oxygen atoms in total. The Morgan fingerprint density at radius 3 is 2.42 bits per heavy atom. The van der Waals surface area contributed by atoms with Crippen LogP contribution >= 0.6 is 11.6 Å². The number of nitrogens with one attached hydrogen (secondary N) is 2. The van der Waals surface area contributed by atoms with Gasteiger partial charge in [-0.15, -0.1) is 0 Å². The fourth-order valence-electron chi connectivity index (χ4n) is 2.26. The van der Waals surface area contributed by atoms with Gasteiger partial charge in [0.2, 0.25) is 0 Å². The molecule has 0 aromatic heterocycles. The molecule has 0 bridgehead atoms. The lowest BCUT2D eigenvalue weighted by molar-refractivity contribution is 0.229. The normalized spacial score (nSPS) is 10.2. The number of carbonyl (C=O) groups excluding carboxylic acids is 1. The molecule has 2 aromatic rings. The summed E-state index contributed by atoms with van der Waals surface area (Å²) in [5.74, 6) is 1.21. The summed E-state index contributed by atoms with van der Waals surface area (Å²) in [5.41, 5.74) is 2.53. The van der Waals surface area contributed by atoms with E-state index in [4.69, 9.17) is 21.1 Å². The summed E-state index contributed by atoms with van der Waals surface area (Å²) in [4.78, 5) is 12.0. The highest BCUT2D eigenvalue weighted by Crippen LogP contribution is 2.27. The molecule has 0 aliphatic rings. The lowest BCUT2D eigenvalue weighted by Crippen LogP contribution is -2.32. The lowest BCUT2D eigenvalue weighted by Gasteiger charge is -2.14. The predicted molar refractivity (Wildman–Crippen MR) is 96.2 cm³/mol. The second-order valence-electron chi connectivity index (χ2n) is 5.24. The van der Waals surface area contributed by atoms with Gasteiger partial charge in [-0.2, -0.15) is 0 Å². The number of benzene rings is 2. The molecule has 0 fully saturated rings. The van der Waals surface area contributed by atoms with Crippen molar-refractivity contribution in [3.8, 4) is 11.5 Å². The van der Waals surface area contributed by atoms with Gasteiger partial charge in [0.05, 0.1) is 17.3 Å². The molecule has 2 aromatic carbocycles. The number of urea groups is 1. The van der Waals surface area contributed by atoms with Crippen molar-refractivity contribution < 1.29 is 14.3 Å². The maximum atomic E-state index is 12.0. The summed E-state index contributed by atoms with van der Waals surface area (Å²) in [6, 6.07) is 10.7. The molecule has 6 heteroatoms. The molecular formula is C18H21ClN2O3. The summed E-state index contributed by atoms with van der Waals surface area (Å²) >= 11 is 6.17. The minimum atomic E-state index is -0.391. The largest absolute Gasteiger partial charge is 0.490 e. The highest BCUT2D eigenvalue weighted by Gasteiger charge is 2.10. The SMILES string of the molecule is CCOc1ccccc1OCNC(=O)Nc1c(C)cc(C)cc1Cl. The number of amides is 2. The zero-order valence-electron chi connectivity index (χ0n) is 14.0. The average Bonchev–Trinajstić information content (AvgIpc) is 2.53. The topological polar surface area (TPSA) is 59.6 Å². The van der Waals surface area contributed by atoms with Crippen LogP contribution in [0.1, 0.15) is 18.1 Å². The fraction of sp³-hybridized carbons (Fsp3) is 0.278. The van der Waals surface area contributed by atoms with E-state index in [0.29, 0.717) is 28.8 Å². The zero-order valence-corrected chi connectivity index (χ0v) is 14.7. The highest BCUT2D eigenvalue weighted by atomic mass is 35.5. The smallest absolute Gasteiger partial charge is 0.321 e. The molecule has 128 valence electrons. The first-order chi connectivity index (χ1) is 11.5. The number of ether oxygens (including phenoxy) is 2. The molecule has 0 atom stereocenters. The van der Waals surface area contributed by atoms with E-state index in [1.165, 1.54) is 0 Å². The number of rotatable bonds is 6. The van der Waals surface area contributed by atoms with E-state index in [-0.39, 0.29) is 6.73 Å². The second kappa shape index (κ2) is 8.45. The summed E-state index contributed by atoms with van der Waals surface area (Å²) in [6.07, 6.45) is 0. The van der Waals surface area contributed by atoms with Gasteiger partial charge in [-0.25, -0.2) is 4.79 Å². The van der Waals surface area contributed by atoms with Crippen LogP contribution in [0.4, 0.5) is 10.5 Å². The Morgan fingerprint density at radius 2 is 1.79 bits per heavy atom. The minimum absolute atomic E-state index is 0.0124. The van der Waals surface area contributed by atoms with E-state index in [0.717, 1.165) is 11.1 Å². The molecule has 0 radical (unpaired) electrons. The van der Waals surface area contributed by atoms with E-state index in [1.807, 2.05) is 45.0 Å². The van der Waals surface area contributed by atoms with Crippen molar-refractivity contribution in [2.45, 2.75) is 20.8 Å². The zero-order chi connectivity index (χ0) is 17.5. The van der Waals surface area contributed by atoms with Crippen LogP contribution in [0.5, 0.6) is 11.5 Å². The van der Waals surface area contributed by atoms with E-state index >= 15 is 0 Å². The number of halogens is 1. The Hall–Kier alpha value is -2.40. The van der Waals surface area contributed by atoms with Gasteiger partial charge in [-0.05, 0) is 50.1 Å². The first kappa shape index (κ1) is 17.9. The number of aryl methyl sites for hydroxylation is 2. The van der Waals surface area contributed by atoms with E-state index in [1.54, 1.807) is 12.1 Å². The number of anilines is 1. The number of hydrogen-bond donors (Lipinski definition) is 2. The van der Waals surface area contributed by atoms with Crippen LogP contribution in [0.2, 0.25) is 5.02 Å². The van der Waals surface area contributed by atoms with Crippen LogP contribution in [0.3, 0.4) is 0 Å². The summed E-state index contributed by atoms with van der Waals surface area (Å²) in [6.45, 7) is 6.30. The standard InChI is InChI=1S/C18H21ClN2O3/c1-4-23-15-7-5-6-8-16(15)24-11-20-18(22)21-17-13(3)9-12(2)10-14(17)19/h5-10H,4,11H2,1-3H3,(H2,20,21,22). The molecule has 0 aliphatic carbocycles. The molecule has 24 heavy (non-hydrogen) atoms. The maximum Gasteiger partial charge on any atom is 0.321 e. The quantitative estimate of drug-likeness (QED) is 0.755. The summed E-state index contributed by atoms with van der Waals surface area (Å²) < 4.78 is 11.0. The van der Waals surface area contributed by atoms with Crippen molar-refractivity contribution in [2.75, 3.05) is 18.7 Å². The maximum absolute atomic E-state index is 12.0. The van der Waals surface area contributed by atoms with Crippen LogP contribution in [0.25, 0.3) is 0 Å². The molecule has 2 rings (SSSR count). The van der Waals surface area contributed by atoms with Crippen LogP contribution in [0, 0.1) is 13.8 Å². The van der Waals surface area contributed by atoms with Gasteiger partial charge in [0.15, 0.2) is 18.2 Å². The van der Waals surface area contributed by atoms with Crippen molar-refractivity contribution in [2.24, 2.45) is 0 Å². The van der Waals surface area contributed by atoms with Gasteiger partial charge in [-0.3, -0.25) is 0 Å². The third-order valence-corrected chi connectivity index (χ3v) is 3.58. The molecule has 0 aliphatic heterocycles. The third-order valence-electron chi connectivity index (χ3n) is 3.28. The van der Waals surface area contributed by atoms with E-state index in [2.05, 4.69) is 10.6 Å². The number of carbonyl (C=O) groups is 1. The average molecular weight is 349 g/mol. The minimum Gasteiger partial charge on any atom is -0.490 e. The molecule has 0 heterocycles. The summed E-state index contributed by atoms with van der Waals surface area (Å²) in [7, 11) is 0. The number of hydrogen-bond acceptors (Lipinski definition) is 3. The Kier molecular flexibility index (Phi) is 6.32. The predicted octanol–water partition coefficient (Wildman–Crippen LogP) is 4.51. The van der Waals surface area contributed by atoms with Crippen LogP contribution < -0.4 is 20.1 Å². The van der Waals surface area contributed by atoms with Crippen LogP contribution in [-0.2, 0) is 0 Å². The summed E-state index contributed by atoms with van der Waals surface area (Å²) in [5, 5.41) is 5.87. The molecule has 0 spiro atoms. The van der Waals surface area contributed by atoms with Crippen molar-refractivity contribution in [3.05, 3.63) is 52.5 Å². The van der Waals surface area contributed by atoms with Crippen molar-refractivity contribution in [1.82, 2.24) is 5.32 Å². The first-order valence-corrected chi connectivity index (χ1v) is 8.05. The molecule has 0 unspecified atom stereocenters. The van der Waals surface area contributed by atoms with Crippen molar-refractivity contribution >= 4 is 23.3 Å². The van der Waals surface area contributed by atoms with Gasteiger partial charge in [0.1, 0.15) is 0 Å².